The van der Waals surface area contributed by atoms with Crippen LogP contribution in [-0.4, -0.2) is 12.1 Å². The van der Waals surface area contributed by atoms with Gasteiger partial charge in [0.1, 0.15) is 0 Å². The summed E-state index contributed by atoms with van der Waals surface area (Å²) in [7, 11) is 0. The van der Waals surface area contributed by atoms with E-state index in [0.717, 1.165) is 18.0 Å². The van der Waals surface area contributed by atoms with Crippen LogP contribution in [0, 0.1) is 11.3 Å². The second-order valence-corrected chi connectivity index (χ2v) is 6.60. The minimum atomic E-state index is 0.590. The standard InChI is InChI=1S/C14H27N/c1-11(12-6-4-5-7-12)15-13-8-9-14(2,3)10-13/h11-13,15H,4-10H2,1-3H3/t11-,13?/m1/s1. The number of nitrogens with one attached hydrogen (secondary N) is 1. The maximum Gasteiger partial charge on any atom is 0.00749 e. The Morgan fingerprint density at radius 3 is 2.33 bits per heavy atom. The Morgan fingerprint density at radius 1 is 1.13 bits per heavy atom. The summed E-state index contributed by atoms with van der Waals surface area (Å²) in [6.07, 6.45) is 10.0. The summed E-state index contributed by atoms with van der Waals surface area (Å²) >= 11 is 0. The molecular weight excluding hydrogens is 182 g/mol. The van der Waals surface area contributed by atoms with Gasteiger partial charge in [0.25, 0.3) is 0 Å². The Bertz CT molecular complexity index is 203. The average Bonchev–Trinajstić information content (AvgIpc) is 2.74. The fourth-order valence-electron chi connectivity index (χ4n) is 3.54. The first kappa shape index (κ1) is 11.4. The summed E-state index contributed by atoms with van der Waals surface area (Å²) in [5, 5.41) is 3.88. The number of hydrogen-bond donors (Lipinski definition) is 1. The second kappa shape index (κ2) is 4.45. The molecule has 0 aliphatic heterocycles. The van der Waals surface area contributed by atoms with E-state index in [1.54, 1.807) is 0 Å². The van der Waals surface area contributed by atoms with Crippen LogP contribution in [-0.2, 0) is 0 Å². The van der Waals surface area contributed by atoms with Gasteiger partial charge in [-0.15, -0.1) is 0 Å². The molecule has 1 heteroatoms. The number of hydrogen-bond acceptors (Lipinski definition) is 1. The topological polar surface area (TPSA) is 12.0 Å². The van der Waals surface area contributed by atoms with E-state index in [1.165, 1.54) is 44.9 Å². The molecule has 0 bridgehead atoms. The molecule has 2 atom stereocenters. The zero-order chi connectivity index (χ0) is 10.9. The molecule has 88 valence electrons. The van der Waals surface area contributed by atoms with Crippen molar-refractivity contribution >= 4 is 0 Å². The van der Waals surface area contributed by atoms with E-state index in [2.05, 4.69) is 26.1 Å². The highest BCUT2D eigenvalue weighted by Crippen LogP contribution is 2.38. The molecular formula is C14H27N. The molecule has 0 aromatic carbocycles. The fraction of sp³-hybridized carbons (Fsp3) is 1.00. The minimum absolute atomic E-state index is 0.590. The second-order valence-electron chi connectivity index (χ2n) is 6.60. The predicted molar refractivity (Wildman–Crippen MR) is 66.0 cm³/mol. The Morgan fingerprint density at radius 2 is 1.80 bits per heavy atom. The van der Waals surface area contributed by atoms with Gasteiger partial charge in [0.2, 0.25) is 0 Å². The maximum atomic E-state index is 3.88. The van der Waals surface area contributed by atoms with Crippen molar-refractivity contribution in [3.8, 4) is 0 Å². The van der Waals surface area contributed by atoms with Gasteiger partial charge in [-0.1, -0.05) is 26.7 Å². The molecule has 2 rings (SSSR count). The zero-order valence-corrected chi connectivity index (χ0v) is 10.7. The van der Waals surface area contributed by atoms with Crippen LogP contribution in [0.5, 0.6) is 0 Å². The summed E-state index contributed by atoms with van der Waals surface area (Å²) in [5.74, 6) is 0.966. The Balaban J connectivity index is 1.77. The fourth-order valence-corrected chi connectivity index (χ4v) is 3.54. The number of rotatable bonds is 3. The van der Waals surface area contributed by atoms with Gasteiger partial charge >= 0.3 is 0 Å². The van der Waals surface area contributed by atoms with Crippen LogP contribution >= 0.6 is 0 Å². The van der Waals surface area contributed by atoms with Crippen LogP contribution in [0.25, 0.3) is 0 Å². The largest absolute Gasteiger partial charge is 0.311 e. The zero-order valence-electron chi connectivity index (χ0n) is 10.7. The molecule has 0 aromatic heterocycles. The van der Waals surface area contributed by atoms with Crippen molar-refractivity contribution in [2.24, 2.45) is 11.3 Å². The molecule has 2 aliphatic carbocycles. The molecule has 0 aromatic rings. The van der Waals surface area contributed by atoms with Crippen molar-refractivity contribution in [1.82, 2.24) is 5.32 Å². The van der Waals surface area contributed by atoms with Gasteiger partial charge in [-0.05, 0) is 50.4 Å². The van der Waals surface area contributed by atoms with Gasteiger partial charge in [-0.2, -0.15) is 0 Å². The Kier molecular flexibility index (Phi) is 3.39. The third kappa shape index (κ3) is 2.96. The third-order valence-electron chi connectivity index (χ3n) is 4.57. The maximum absolute atomic E-state index is 3.88. The third-order valence-corrected chi connectivity index (χ3v) is 4.57. The quantitative estimate of drug-likeness (QED) is 0.747. The van der Waals surface area contributed by atoms with E-state index in [0.29, 0.717) is 5.41 Å². The molecule has 15 heavy (non-hydrogen) atoms. The predicted octanol–water partition coefficient (Wildman–Crippen LogP) is 3.73. The van der Waals surface area contributed by atoms with Crippen LogP contribution in [0.1, 0.15) is 65.7 Å². The lowest BCUT2D eigenvalue weighted by Gasteiger charge is -2.25. The van der Waals surface area contributed by atoms with Crippen molar-refractivity contribution in [3.05, 3.63) is 0 Å². The van der Waals surface area contributed by atoms with Crippen LogP contribution in [0.15, 0.2) is 0 Å². The van der Waals surface area contributed by atoms with E-state index >= 15 is 0 Å². The monoisotopic (exact) mass is 209 g/mol. The van der Waals surface area contributed by atoms with Crippen molar-refractivity contribution < 1.29 is 0 Å². The van der Waals surface area contributed by atoms with Gasteiger partial charge in [-0.3, -0.25) is 0 Å². The lowest BCUT2D eigenvalue weighted by molar-refractivity contribution is 0.317. The molecule has 1 N–H and O–H groups in total. The molecule has 1 unspecified atom stereocenters. The van der Waals surface area contributed by atoms with Crippen molar-refractivity contribution in [2.45, 2.75) is 77.8 Å². The van der Waals surface area contributed by atoms with Crippen LogP contribution in [0.4, 0.5) is 0 Å². The van der Waals surface area contributed by atoms with Crippen molar-refractivity contribution in [1.29, 1.82) is 0 Å². The molecule has 1 nitrogen and oxygen atoms in total. The highest BCUT2D eigenvalue weighted by Gasteiger charge is 2.32. The first-order valence-corrected chi connectivity index (χ1v) is 6.83. The summed E-state index contributed by atoms with van der Waals surface area (Å²) < 4.78 is 0. The van der Waals surface area contributed by atoms with E-state index in [-0.39, 0.29) is 0 Å². The summed E-state index contributed by atoms with van der Waals surface area (Å²) in [5.41, 5.74) is 0.590. The van der Waals surface area contributed by atoms with Crippen LogP contribution in [0.3, 0.4) is 0 Å². The molecule has 0 heterocycles. The summed E-state index contributed by atoms with van der Waals surface area (Å²) in [6, 6.07) is 1.56. The Hall–Kier alpha value is -0.0400. The van der Waals surface area contributed by atoms with E-state index in [9.17, 15) is 0 Å². The molecule has 0 spiro atoms. The van der Waals surface area contributed by atoms with E-state index in [4.69, 9.17) is 0 Å². The first-order chi connectivity index (χ1) is 7.07. The van der Waals surface area contributed by atoms with Crippen molar-refractivity contribution in [2.75, 3.05) is 0 Å². The lowest BCUT2D eigenvalue weighted by atomic mass is 9.91. The van der Waals surface area contributed by atoms with Crippen LogP contribution < -0.4 is 5.32 Å². The van der Waals surface area contributed by atoms with Gasteiger partial charge < -0.3 is 5.32 Å². The van der Waals surface area contributed by atoms with Gasteiger partial charge in [-0.25, -0.2) is 0 Å². The molecule has 0 saturated heterocycles. The molecule has 2 saturated carbocycles. The van der Waals surface area contributed by atoms with E-state index in [1.807, 2.05) is 0 Å². The molecule has 0 radical (unpaired) electrons. The average molecular weight is 209 g/mol. The smallest absolute Gasteiger partial charge is 0.00749 e. The van der Waals surface area contributed by atoms with Crippen molar-refractivity contribution in [3.63, 3.8) is 0 Å². The molecule has 0 amide bonds. The van der Waals surface area contributed by atoms with Gasteiger partial charge in [0.05, 0.1) is 0 Å². The van der Waals surface area contributed by atoms with E-state index < -0.39 is 0 Å². The summed E-state index contributed by atoms with van der Waals surface area (Å²) in [4.78, 5) is 0. The lowest BCUT2D eigenvalue weighted by Crippen LogP contribution is -2.39. The highest BCUT2D eigenvalue weighted by atomic mass is 15.0. The molecule has 2 fully saturated rings. The van der Waals surface area contributed by atoms with Crippen LogP contribution in [0.2, 0.25) is 0 Å². The highest BCUT2D eigenvalue weighted by molar-refractivity contribution is 4.89. The SMILES string of the molecule is C[C@@H](NC1CCC(C)(C)C1)C1CCCC1. The summed E-state index contributed by atoms with van der Waals surface area (Å²) in [6.45, 7) is 7.23. The van der Waals surface area contributed by atoms with Gasteiger partial charge in [0, 0.05) is 12.1 Å². The first-order valence-electron chi connectivity index (χ1n) is 6.83. The Labute approximate surface area is 95.0 Å². The van der Waals surface area contributed by atoms with Gasteiger partial charge in [0.15, 0.2) is 0 Å². The minimum Gasteiger partial charge on any atom is -0.311 e. The molecule has 2 aliphatic rings. The normalized spacial score (nSPS) is 33.4.